The van der Waals surface area contributed by atoms with Crippen LogP contribution in [0.3, 0.4) is 0 Å². The van der Waals surface area contributed by atoms with Gasteiger partial charge in [0.15, 0.2) is 0 Å². The Bertz CT molecular complexity index is 963. The zero-order chi connectivity index (χ0) is 19.8. The Morgan fingerprint density at radius 1 is 0.724 bits per heavy atom. The molecule has 0 unspecified atom stereocenters. The molecule has 0 saturated carbocycles. The Balaban J connectivity index is 0.000000369. The molecular weight excluding hydrogens is 556 g/mol. The molecule has 0 bridgehead atoms. The first-order chi connectivity index (χ1) is 13.5. The Kier molecular flexibility index (Phi) is 8.29. The zero-order valence-corrected chi connectivity index (χ0v) is 17.3. The van der Waals surface area contributed by atoms with E-state index in [-0.39, 0.29) is 21.1 Å². The fourth-order valence-corrected chi connectivity index (χ4v) is 2.34. The SMILES string of the molecule is FC(F)(F)c1c[c-]c(-c2cccc(-c3ccccn3)n2)cc1.[Pt+2].[c-]1ccccc1. The van der Waals surface area contributed by atoms with E-state index in [0.29, 0.717) is 22.6 Å². The van der Waals surface area contributed by atoms with E-state index in [4.69, 9.17) is 0 Å². The normalized spacial score (nSPS) is 10.3. The second-order valence-corrected chi connectivity index (χ2v) is 5.69. The van der Waals surface area contributed by atoms with E-state index in [1.54, 1.807) is 30.5 Å². The predicted molar refractivity (Wildman–Crippen MR) is 102 cm³/mol. The van der Waals surface area contributed by atoms with Crippen LogP contribution in [0.2, 0.25) is 0 Å². The van der Waals surface area contributed by atoms with E-state index in [9.17, 15) is 13.2 Å². The van der Waals surface area contributed by atoms with Gasteiger partial charge in [0.25, 0.3) is 0 Å². The Hall–Kier alpha value is -2.78. The van der Waals surface area contributed by atoms with Crippen LogP contribution in [0.15, 0.2) is 91.1 Å². The van der Waals surface area contributed by atoms with Crippen LogP contribution < -0.4 is 0 Å². The fourth-order valence-electron chi connectivity index (χ4n) is 2.34. The van der Waals surface area contributed by atoms with Crippen molar-refractivity contribution in [2.24, 2.45) is 0 Å². The molecule has 2 aromatic carbocycles. The summed E-state index contributed by atoms with van der Waals surface area (Å²) in [6.45, 7) is 0. The maximum atomic E-state index is 12.6. The van der Waals surface area contributed by atoms with Gasteiger partial charge in [0.05, 0.1) is 11.4 Å². The molecule has 148 valence electrons. The van der Waals surface area contributed by atoms with Gasteiger partial charge in [0, 0.05) is 6.20 Å². The van der Waals surface area contributed by atoms with Crippen molar-refractivity contribution in [1.82, 2.24) is 9.97 Å². The molecule has 29 heavy (non-hydrogen) atoms. The molecule has 4 aromatic rings. The number of aromatic nitrogens is 2. The van der Waals surface area contributed by atoms with Gasteiger partial charge >= 0.3 is 27.2 Å². The van der Waals surface area contributed by atoms with Crippen molar-refractivity contribution in [2.45, 2.75) is 6.18 Å². The standard InChI is InChI=1S/C17H10F3N2.C6H5.Pt/c18-17(19,20)13-9-7-12(8-10-13)14-5-3-6-16(22-14)15-4-1-2-11-21-15;1-2-4-6-5-3-1;/h1-7,9-11H;1-5H;/q2*-1;+2. The van der Waals surface area contributed by atoms with Crippen LogP contribution in [0.1, 0.15) is 5.56 Å². The number of halogens is 3. The first kappa shape index (κ1) is 22.5. The second kappa shape index (κ2) is 10.7. The number of pyridine rings is 2. The van der Waals surface area contributed by atoms with Gasteiger partial charge in [0.2, 0.25) is 0 Å². The third-order valence-corrected chi connectivity index (χ3v) is 3.70. The number of nitrogens with zero attached hydrogens (tertiary/aromatic N) is 2. The number of alkyl halides is 3. The van der Waals surface area contributed by atoms with E-state index in [0.717, 1.165) is 12.1 Å². The summed E-state index contributed by atoms with van der Waals surface area (Å²) < 4.78 is 37.7. The molecule has 0 aliphatic rings. The van der Waals surface area contributed by atoms with Gasteiger partial charge < -0.3 is 0 Å². The fraction of sp³-hybridized carbons (Fsp3) is 0.0435. The van der Waals surface area contributed by atoms with Gasteiger partial charge in [-0.15, -0.1) is 29.8 Å². The van der Waals surface area contributed by atoms with Gasteiger partial charge in [-0.3, -0.25) is 9.97 Å². The largest absolute Gasteiger partial charge is 2.00 e. The molecule has 0 saturated heterocycles. The molecule has 0 amide bonds. The van der Waals surface area contributed by atoms with E-state index < -0.39 is 11.7 Å². The molecule has 2 aromatic heterocycles. The zero-order valence-electron chi connectivity index (χ0n) is 15.0. The first-order valence-electron chi connectivity index (χ1n) is 8.43. The summed E-state index contributed by atoms with van der Waals surface area (Å²) in [5.74, 6) is 0. The van der Waals surface area contributed by atoms with Crippen LogP contribution in [-0.2, 0) is 27.2 Å². The number of hydrogen-bond acceptors (Lipinski definition) is 2. The maximum Gasteiger partial charge on any atom is 2.00 e. The van der Waals surface area contributed by atoms with Crippen LogP contribution in [0.4, 0.5) is 13.2 Å². The van der Waals surface area contributed by atoms with Crippen molar-refractivity contribution < 1.29 is 34.2 Å². The monoisotopic (exact) mass is 571 g/mol. The van der Waals surface area contributed by atoms with Crippen molar-refractivity contribution in [3.8, 4) is 22.6 Å². The molecule has 6 heteroatoms. The van der Waals surface area contributed by atoms with Gasteiger partial charge in [-0.2, -0.15) is 49.6 Å². The van der Waals surface area contributed by atoms with Crippen molar-refractivity contribution in [3.05, 3.63) is 109 Å². The molecule has 0 radical (unpaired) electrons. The summed E-state index contributed by atoms with van der Waals surface area (Å²) in [5.41, 5.74) is 1.70. The minimum Gasteiger partial charge on any atom is -0.295 e. The van der Waals surface area contributed by atoms with Crippen molar-refractivity contribution in [2.75, 3.05) is 0 Å². The summed E-state index contributed by atoms with van der Waals surface area (Å²) >= 11 is 0. The Labute approximate surface area is 181 Å². The topological polar surface area (TPSA) is 25.8 Å². The molecule has 0 atom stereocenters. The van der Waals surface area contributed by atoms with Crippen LogP contribution >= 0.6 is 0 Å². The predicted octanol–water partition coefficient (Wildman–Crippen LogP) is 6.11. The van der Waals surface area contributed by atoms with Crippen LogP contribution in [-0.4, -0.2) is 9.97 Å². The van der Waals surface area contributed by atoms with E-state index in [2.05, 4.69) is 22.1 Å². The van der Waals surface area contributed by atoms with Gasteiger partial charge in [-0.1, -0.05) is 18.2 Å². The molecule has 0 N–H and O–H groups in total. The number of benzene rings is 2. The summed E-state index contributed by atoms with van der Waals surface area (Å²) in [4.78, 5) is 8.64. The minimum atomic E-state index is -4.36. The van der Waals surface area contributed by atoms with Crippen LogP contribution in [0.5, 0.6) is 0 Å². The van der Waals surface area contributed by atoms with E-state index in [1.807, 2.05) is 42.5 Å². The van der Waals surface area contributed by atoms with Crippen LogP contribution in [0.25, 0.3) is 22.6 Å². The molecule has 0 fully saturated rings. The number of rotatable bonds is 2. The molecular formula is C23H15F3N2Pt. The summed E-state index contributed by atoms with van der Waals surface area (Å²) in [6.07, 6.45) is -2.70. The molecule has 0 spiro atoms. The first-order valence-corrected chi connectivity index (χ1v) is 8.43. The van der Waals surface area contributed by atoms with E-state index >= 15 is 0 Å². The quantitative estimate of drug-likeness (QED) is 0.272. The summed E-state index contributed by atoms with van der Waals surface area (Å²) in [6, 6.07) is 29.3. The molecule has 4 rings (SSSR count). The van der Waals surface area contributed by atoms with Gasteiger partial charge in [-0.25, -0.2) is 0 Å². The molecule has 2 heterocycles. The van der Waals surface area contributed by atoms with Gasteiger partial charge in [0.1, 0.15) is 0 Å². The Morgan fingerprint density at radius 3 is 1.97 bits per heavy atom. The van der Waals surface area contributed by atoms with Crippen molar-refractivity contribution >= 4 is 0 Å². The average molecular weight is 571 g/mol. The average Bonchev–Trinajstić information content (AvgIpc) is 2.76. The minimum absolute atomic E-state index is 0. The van der Waals surface area contributed by atoms with E-state index in [1.165, 1.54) is 6.07 Å². The third-order valence-electron chi connectivity index (χ3n) is 3.70. The Morgan fingerprint density at radius 2 is 1.45 bits per heavy atom. The molecule has 2 nitrogen and oxygen atoms in total. The summed E-state index contributed by atoms with van der Waals surface area (Å²) in [7, 11) is 0. The van der Waals surface area contributed by atoms with Gasteiger partial charge in [-0.05, 0) is 29.5 Å². The molecule has 0 aliphatic carbocycles. The van der Waals surface area contributed by atoms with Crippen LogP contribution in [0, 0.1) is 12.1 Å². The smallest absolute Gasteiger partial charge is 0.295 e. The van der Waals surface area contributed by atoms with Crippen molar-refractivity contribution in [1.29, 1.82) is 0 Å². The second-order valence-electron chi connectivity index (χ2n) is 5.69. The summed E-state index contributed by atoms with van der Waals surface area (Å²) in [5, 5.41) is 0. The third kappa shape index (κ3) is 6.65. The maximum absolute atomic E-state index is 12.6. The molecule has 0 aliphatic heterocycles. The number of hydrogen-bond donors (Lipinski definition) is 0. The van der Waals surface area contributed by atoms with Crippen molar-refractivity contribution in [3.63, 3.8) is 0 Å².